The molecule has 0 aliphatic carbocycles. The summed E-state index contributed by atoms with van der Waals surface area (Å²) in [7, 11) is 0. The highest BCUT2D eigenvalue weighted by atomic mass is 16.4. The Hall–Kier alpha value is -1.14. The molecule has 2 fully saturated rings. The number of aliphatic carboxylic acids is 1. The number of carbonyl (C=O) groups is 2. The summed E-state index contributed by atoms with van der Waals surface area (Å²) in [6, 6.07) is -0.0465. The van der Waals surface area contributed by atoms with Crippen molar-refractivity contribution in [2.24, 2.45) is 5.92 Å². The van der Waals surface area contributed by atoms with Crippen LogP contribution in [0.3, 0.4) is 0 Å². The van der Waals surface area contributed by atoms with Gasteiger partial charge in [0, 0.05) is 26.2 Å². The number of hydrogen-bond acceptors (Lipinski definition) is 4. The number of piperazine rings is 1. The standard InChI is InChI=1S/C13H23N3O3/c1-10-2-3-14-11(8-10)13(19)16-6-4-15(5-7-16)9-12(17)18/h10-11,14H,2-9H2,1H3,(H,17,18). The number of rotatable bonds is 3. The molecular weight excluding hydrogens is 246 g/mol. The molecule has 0 radical (unpaired) electrons. The Morgan fingerprint density at radius 3 is 2.53 bits per heavy atom. The fourth-order valence-corrected chi connectivity index (χ4v) is 2.83. The van der Waals surface area contributed by atoms with Crippen LogP contribution in [0.2, 0.25) is 0 Å². The molecule has 1 amide bonds. The monoisotopic (exact) mass is 269 g/mol. The second kappa shape index (κ2) is 6.34. The van der Waals surface area contributed by atoms with Gasteiger partial charge >= 0.3 is 5.97 Å². The number of hydrogen-bond donors (Lipinski definition) is 2. The Morgan fingerprint density at radius 2 is 1.95 bits per heavy atom. The molecule has 0 spiro atoms. The first-order valence-corrected chi connectivity index (χ1v) is 7.02. The highest BCUT2D eigenvalue weighted by molar-refractivity contribution is 5.82. The first-order chi connectivity index (χ1) is 9.06. The fraction of sp³-hybridized carbons (Fsp3) is 0.846. The highest BCUT2D eigenvalue weighted by Crippen LogP contribution is 2.17. The van der Waals surface area contributed by atoms with E-state index in [0.717, 1.165) is 19.4 Å². The van der Waals surface area contributed by atoms with Crippen molar-refractivity contribution in [2.45, 2.75) is 25.8 Å². The number of carboxylic acid groups (broad SMARTS) is 1. The van der Waals surface area contributed by atoms with Crippen LogP contribution in [0.1, 0.15) is 19.8 Å². The van der Waals surface area contributed by atoms with Gasteiger partial charge in [-0.15, -0.1) is 0 Å². The summed E-state index contributed by atoms with van der Waals surface area (Å²) in [6.45, 7) is 5.75. The van der Waals surface area contributed by atoms with Gasteiger partial charge in [-0.1, -0.05) is 6.92 Å². The van der Waals surface area contributed by atoms with Crippen LogP contribution in [0.15, 0.2) is 0 Å². The van der Waals surface area contributed by atoms with Gasteiger partial charge in [-0.05, 0) is 25.3 Å². The molecule has 2 atom stereocenters. The Balaban J connectivity index is 1.80. The van der Waals surface area contributed by atoms with Gasteiger partial charge in [-0.2, -0.15) is 0 Å². The van der Waals surface area contributed by atoms with Crippen molar-refractivity contribution in [1.82, 2.24) is 15.1 Å². The van der Waals surface area contributed by atoms with E-state index in [1.165, 1.54) is 0 Å². The molecule has 0 aromatic carbocycles. The zero-order valence-corrected chi connectivity index (χ0v) is 11.5. The van der Waals surface area contributed by atoms with Crippen LogP contribution >= 0.6 is 0 Å². The smallest absolute Gasteiger partial charge is 0.317 e. The predicted molar refractivity (Wildman–Crippen MR) is 70.8 cm³/mol. The zero-order valence-electron chi connectivity index (χ0n) is 11.5. The molecule has 2 heterocycles. The molecule has 6 nitrogen and oxygen atoms in total. The van der Waals surface area contributed by atoms with E-state index in [9.17, 15) is 9.59 Å². The molecule has 19 heavy (non-hydrogen) atoms. The lowest BCUT2D eigenvalue weighted by atomic mass is 9.93. The van der Waals surface area contributed by atoms with Crippen molar-refractivity contribution in [2.75, 3.05) is 39.3 Å². The van der Waals surface area contributed by atoms with Gasteiger partial charge in [0.2, 0.25) is 5.91 Å². The fourth-order valence-electron chi connectivity index (χ4n) is 2.83. The zero-order chi connectivity index (χ0) is 13.8. The molecule has 2 saturated heterocycles. The van der Waals surface area contributed by atoms with Crippen molar-refractivity contribution in [3.8, 4) is 0 Å². The summed E-state index contributed by atoms with van der Waals surface area (Å²) < 4.78 is 0. The van der Waals surface area contributed by atoms with Gasteiger partial charge in [-0.25, -0.2) is 0 Å². The lowest BCUT2D eigenvalue weighted by Gasteiger charge is -2.37. The maximum atomic E-state index is 12.4. The van der Waals surface area contributed by atoms with Crippen molar-refractivity contribution < 1.29 is 14.7 Å². The van der Waals surface area contributed by atoms with Crippen LogP contribution < -0.4 is 5.32 Å². The molecule has 2 unspecified atom stereocenters. The Kier molecular flexibility index (Phi) is 4.76. The number of carbonyl (C=O) groups excluding carboxylic acids is 1. The summed E-state index contributed by atoms with van der Waals surface area (Å²) in [5, 5.41) is 12.0. The molecular formula is C13H23N3O3. The third-order valence-corrected chi connectivity index (χ3v) is 4.01. The predicted octanol–water partition coefficient (Wildman–Crippen LogP) is -0.397. The molecule has 6 heteroatoms. The molecule has 2 aliphatic rings. The van der Waals surface area contributed by atoms with E-state index in [1.807, 2.05) is 9.80 Å². The molecule has 0 saturated carbocycles. The van der Waals surface area contributed by atoms with Crippen molar-refractivity contribution in [3.05, 3.63) is 0 Å². The van der Waals surface area contributed by atoms with E-state index in [2.05, 4.69) is 12.2 Å². The summed E-state index contributed by atoms with van der Waals surface area (Å²) in [6.07, 6.45) is 2.05. The van der Waals surface area contributed by atoms with Crippen LogP contribution in [0.25, 0.3) is 0 Å². The molecule has 2 N–H and O–H groups in total. The number of amides is 1. The Bertz CT molecular complexity index is 340. The minimum atomic E-state index is -0.803. The molecule has 0 aromatic rings. The largest absolute Gasteiger partial charge is 0.480 e. The van der Waals surface area contributed by atoms with E-state index in [4.69, 9.17) is 5.11 Å². The number of carboxylic acids is 1. The van der Waals surface area contributed by atoms with Gasteiger partial charge in [0.25, 0.3) is 0 Å². The number of nitrogens with zero attached hydrogens (tertiary/aromatic N) is 2. The lowest BCUT2D eigenvalue weighted by molar-refractivity contribution is -0.140. The quantitative estimate of drug-likeness (QED) is 0.729. The average Bonchev–Trinajstić information content (AvgIpc) is 2.38. The Labute approximate surface area is 113 Å². The van der Waals surface area contributed by atoms with E-state index in [1.54, 1.807) is 0 Å². The van der Waals surface area contributed by atoms with Gasteiger partial charge in [0.15, 0.2) is 0 Å². The Morgan fingerprint density at radius 1 is 1.26 bits per heavy atom. The van der Waals surface area contributed by atoms with E-state index >= 15 is 0 Å². The molecule has 108 valence electrons. The summed E-state index contributed by atoms with van der Waals surface area (Å²) in [4.78, 5) is 26.7. The average molecular weight is 269 g/mol. The molecule has 2 aliphatic heterocycles. The third-order valence-electron chi connectivity index (χ3n) is 4.01. The van der Waals surface area contributed by atoms with Crippen molar-refractivity contribution in [1.29, 1.82) is 0 Å². The van der Waals surface area contributed by atoms with Gasteiger partial charge in [0.1, 0.15) is 0 Å². The molecule has 2 rings (SSSR count). The van der Waals surface area contributed by atoms with E-state index in [0.29, 0.717) is 32.1 Å². The van der Waals surface area contributed by atoms with Crippen LogP contribution in [0, 0.1) is 5.92 Å². The molecule has 0 bridgehead atoms. The minimum absolute atomic E-state index is 0.0465. The summed E-state index contributed by atoms with van der Waals surface area (Å²) in [5.74, 6) is -0.0208. The van der Waals surface area contributed by atoms with Gasteiger partial charge in [-0.3, -0.25) is 14.5 Å². The third kappa shape index (κ3) is 3.91. The van der Waals surface area contributed by atoms with Gasteiger partial charge < -0.3 is 15.3 Å². The normalized spacial score (nSPS) is 29.2. The summed E-state index contributed by atoms with van der Waals surface area (Å²) in [5.41, 5.74) is 0. The SMILES string of the molecule is CC1CCNC(C(=O)N2CCN(CC(=O)O)CC2)C1. The first-order valence-electron chi connectivity index (χ1n) is 7.02. The van der Waals surface area contributed by atoms with Crippen LogP contribution in [-0.2, 0) is 9.59 Å². The van der Waals surface area contributed by atoms with E-state index < -0.39 is 5.97 Å². The minimum Gasteiger partial charge on any atom is -0.480 e. The van der Waals surface area contributed by atoms with E-state index in [-0.39, 0.29) is 18.5 Å². The van der Waals surface area contributed by atoms with Crippen molar-refractivity contribution >= 4 is 11.9 Å². The number of nitrogens with one attached hydrogen (secondary N) is 1. The molecule has 0 aromatic heterocycles. The second-order valence-electron chi connectivity index (χ2n) is 5.63. The first kappa shape index (κ1) is 14.3. The van der Waals surface area contributed by atoms with Crippen LogP contribution in [0.4, 0.5) is 0 Å². The maximum Gasteiger partial charge on any atom is 0.317 e. The number of piperidine rings is 1. The highest BCUT2D eigenvalue weighted by Gasteiger charge is 2.30. The van der Waals surface area contributed by atoms with Crippen LogP contribution in [-0.4, -0.2) is 72.1 Å². The van der Waals surface area contributed by atoms with Crippen LogP contribution in [0.5, 0.6) is 0 Å². The van der Waals surface area contributed by atoms with Gasteiger partial charge in [0.05, 0.1) is 12.6 Å². The van der Waals surface area contributed by atoms with Crippen molar-refractivity contribution in [3.63, 3.8) is 0 Å². The maximum absolute atomic E-state index is 12.4. The topological polar surface area (TPSA) is 72.9 Å². The summed E-state index contributed by atoms with van der Waals surface area (Å²) >= 11 is 0. The lowest BCUT2D eigenvalue weighted by Crippen LogP contribution is -2.56. The second-order valence-corrected chi connectivity index (χ2v) is 5.63.